The van der Waals surface area contributed by atoms with E-state index >= 15 is 0 Å². The molecule has 5 atom stereocenters. The Morgan fingerprint density at radius 1 is 1.21 bits per heavy atom. The highest BCUT2D eigenvalue weighted by Crippen LogP contribution is 2.66. The molecule has 132 valence electrons. The van der Waals surface area contributed by atoms with Crippen LogP contribution < -0.4 is 0 Å². The molecule has 0 saturated heterocycles. The average molecular weight is 349 g/mol. The van der Waals surface area contributed by atoms with Gasteiger partial charge in [0.2, 0.25) is 5.12 Å². The van der Waals surface area contributed by atoms with Gasteiger partial charge in [-0.25, -0.2) is 4.39 Å². The molecule has 0 aromatic heterocycles. The van der Waals surface area contributed by atoms with Crippen molar-refractivity contribution < 1.29 is 9.18 Å². The lowest BCUT2D eigenvalue weighted by Crippen LogP contribution is -2.50. The number of thioether (sulfide) groups is 1. The molecule has 0 spiro atoms. The Labute approximate surface area is 149 Å². The van der Waals surface area contributed by atoms with Crippen LogP contribution in [0, 0.1) is 28.6 Å². The van der Waals surface area contributed by atoms with Crippen LogP contribution in [0.4, 0.5) is 4.39 Å². The number of carbonyl (C=O) groups excluding carboxylic acids is 1. The molecule has 3 heteroatoms. The van der Waals surface area contributed by atoms with E-state index < -0.39 is 6.01 Å². The molecule has 4 rings (SSSR count). The molecule has 0 aliphatic heterocycles. The van der Waals surface area contributed by atoms with Crippen LogP contribution in [0.5, 0.6) is 0 Å². The number of hydrogen-bond acceptors (Lipinski definition) is 2. The van der Waals surface area contributed by atoms with Gasteiger partial charge in [-0.1, -0.05) is 38.0 Å². The lowest BCUT2D eigenvalue weighted by atomic mass is 9.47. The maximum Gasteiger partial charge on any atom is 0.218 e. The second-order valence-electron chi connectivity index (χ2n) is 8.83. The van der Waals surface area contributed by atoms with Crippen LogP contribution in [-0.4, -0.2) is 11.1 Å². The highest BCUT2D eigenvalue weighted by molar-refractivity contribution is 8.14. The summed E-state index contributed by atoms with van der Waals surface area (Å²) in [5, 5.41) is -0.0222. The summed E-state index contributed by atoms with van der Waals surface area (Å²) in [7, 11) is 0. The maximum atomic E-state index is 12.8. The number of fused-ring (bicyclic) bond motifs is 5. The molecule has 0 aromatic carbocycles. The van der Waals surface area contributed by atoms with Gasteiger partial charge in [-0.15, -0.1) is 0 Å². The monoisotopic (exact) mass is 348 g/mol. The molecular weight excluding hydrogens is 319 g/mol. The average Bonchev–Trinajstić information content (AvgIpc) is 2.95. The van der Waals surface area contributed by atoms with Crippen molar-refractivity contribution in [2.45, 2.75) is 65.2 Å². The molecule has 4 aliphatic rings. The fraction of sp³-hybridized carbons (Fsp3) is 0.762. The Balaban J connectivity index is 1.71. The Morgan fingerprint density at radius 2 is 2.04 bits per heavy atom. The zero-order chi connectivity index (χ0) is 16.9. The van der Waals surface area contributed by atoms with Gasteiger partial charge in [0.05, 0.1) is 0 Å². The largest absolute Gasteiger partial charge is 0.282 e. The van der Waals surface area contributed by atoms with E-state index in [4.69, 9.17) is 0 Å². The van der Waals surface area contributed by atoms with Gasteiger partial charge in [0.25, 0.3) is 0 Å². The summed E-state index contributed by atoms with van der Waals surface area (Å²) in [6, 6.07) is -0.611. The van der Waals surface area contributed by atoms with E-state index in [-0.39, 0.29) is 10.5 Å². The second kappa shape index (κ2) is 6.00. The molecule has 24 heavy (non-hydrogen) atoms. The number of carbonyl (C=O) groups is 1. The summed E-state index contributed by atoms with van der Waals surface area (Å²) in [6.07, 6.45) is 14.4. The summed E-state index contributed by atoms with van der Waals surface area (Å²) in [4.78, 5) is 12.7. The van der Waals surface area contributed by atoms with Crippen LogP contribution in [0.25, 0.3) is 0 Å². The molecule has 0 radical (unpaired) electrons. The van der Waals surface area contributed by atoms with Crippen LogP contribution in [-0.2, 0) is 4.79 Å². The van der Waals surface area contributed by atoms with Crippen molar-refractivity contribution >= 4 is 16.9 Å². The van der Waals surface area contributed by atoms with Crippen LogP contribution in [0.15, 0.2) is 23.3 Å². The van der Waals surface area contributed by atoms with Gasteiger partial charge in [0.15, 0.2) is 0 Å². The van der Waals surface area contributed by atoms with Gasteiger partial charge in [-0.3, -0.25) is 4.79 Å². The van der Waals surface area contributed by atoms with Crippen molar-refractivity contribution in [1.29, 1.82) is 0 Å². The van der Waals surface area contributed by atoms with Crippen molar-refractivity contribution in [1.82, 2.24) is 0 Å². The first-order chi connectivity index (χ1) is 11.5. The molecule has 0 heterocycles. The Kier molecular flexibility index (Phi) is 4.22. The minimum absolute atomic E-state index is 0.0222. The van der Waals surface area contributed by atoms with Gasteiger partial charge < -0.3 is 0 Å². The number of allylic oxidation sites excluding steroid dienone is 3. The fourth-order valence-electron chi connectivity index (χ4n) is 6.86. The highest BCUT2D eigenvalue weighted by Gasteiger charge is 2.57. The summed E-state index contributed by atoms with van der Waals surface area (Å²) >= 11 is 0.849. The van der Waals surface area contributed by atoms with E-state index in [0.29, 0.717) is 11.3 Å². The first kappa shape index (κ1) is 16.9. The van der Waals surface area contributed by atoms with Gasteiger partial charge in [-0.2, -0.15) is 0 Å². The molecule has 3 saturated carbocycles. The van der Waals surface area contributed by atoms with Crippen molar-refractivity contribution in [2.24, 2.45) is 28.6 Å². The van der Waals surface area contributed by atoms with E-state index in [0.717, 1.165) is 42.0 Å². The first-order valence-corrected chi connectivity index (χ1v) is 10.6. The fourth-order valence-corrected chi connectivity index (χ4v) is 7.41. The van der Waals surface area contributed by atoms with E-state index in [1.165, 1.54) is 44.1 Å². The quantitative estimate of drug-likeness (QED) is 0.564. The summed E-state index contributed by atoms with van der Waals surface area (Å²) in [6.45, 7) is 4.81. The molecular formula is C21H29FOS. The van der Waals surface area contributed by atoms with Gasteiger partial charge in [-0.05, 0) is 79.9 Å². The molecule has 0 bridgehead atoms. The van der Waals surface area contributed by atoms with Crippen molar-refractivity contribution in [3.8, 4) is 0 Å². The summed E-state index contributed by atoms with van der Waals surface area (Å²) in [5.41, 5.74) is 2.79. The predicted octanol–water partition coefficient (Wildman–Crippen LogP) is 6.06. The van der Waals surface area contributed by atoms with Gasteiger partial charge >= 0.3 is 0 Å². The lowest BCUT2D eigenvalue weighted by molar-refractivity contribution is -0.110. The number of rotatable bonds is 2. The lowest BCUT2D eigenvalue weighted by Gasteiger charge is -2.57. The molecule has 3 fully saturated rings. The minimum atomic E-state index is -0.611. The Hall–Kier alpha value is -0.570. The van der Waals surface area contributed by atoms with Crippen LogP contribution >= 0.6 is 11.8 Å². The van der Waals surface area contributed by atoms with E-state index in [2.05, 4.69) is 26.0 Å². The molecule has 4 aliphatic carbocycles. The van der Waals surface area contributed by atoms with Crippen molar-refractivity contribution in [3.63, 3.8) is 0 Å². The Bertz CT molecular complexity index is 609. The first-order valence-electron chi connectivity index (χ1n) is 9.64. The van der Waals surface area contributed by atoms with E-state index in [9.17, 15) is 9.18 Å². The molecule has 0 N–H and O–H groups in total. The van der Waals surface area contributed by atoms with Crippen LogP contribution in [0.1, 0.15) is 65.2 Å². The second-order valence-corrected chi connectivity index (χ2v) is 9.70. The third-order valence-corrected chi connectivity index (χ3v) is 8.62. The SMILES string of the molecule is C[C@@]12CCC[C@H]1[C@@H]1CCC3=CCC=C(C(=O)SCF)[C@]3(C)[C@H]1CC2. The summed E-state index contributed by atoms with van der Waals surface area (Å²) in [5.74, 6) is 2.16. The Morgan fingerprint density at radius 3 is 2.83 bits per heavy atom. The van der Waals surface area contributed by atoms with Gasteiger partial charge in [0.1, 0.15) is 6.01 Å². The smallest absolute Gasteiger partial charge is 0.218 e. The third kappa shape index (κ3) is 2.29. The predicted molar refractivity (Wildman–Crippen MR) is 98.4 cm³/mol. The third-order valence-electron chi connectivity index (χ3n) is 8.03. The number of alkyl halides is 1. The number of halogens is 1. The normalized spacial score (nSPS) is 44.0. The topological polar surface area (TPSA) is 17.1 Å². The van der Waals surface area contributed by atoms with E-state index in [1.807, 2.05) is 0 Å². The number of hydrogen-bond donors (Lipinski definition) is 0. The minimum Gasteiger partial charge on any atom is -0.282 e. The maximum absolute atomic E-state index is 12.8. The molecule has 0 aromatic rings. The van der Waals surface area contributed by atoms with Crippen LogP contribution in [0.3, 0.4) is 0 Å². The standard InChI is InChI=1S/C21H29FOS/c1-20-11-4-7-16(20)15-9-8-14-5-3-6-18(19(23)24-13-22)21(14,2)17(15)10-12-20/h5-6,15-17H,3-4,7-13H2,1-2H3/t15-,16-,17-,20-,21-/m0/s1. The summed E-state index contributed by atoms with van der Waals surface area (Å²) < 4.78 is 12.8. The zero-order valence-corrected chi connectivity index (χ0v) is 15.8. The van der Waals surface area contributed by atoms with E-state index in [1.54, 1.807) is 0 Å². The highest BCUT2D eigenvalue weighted by atomic mass is 32.2. The molecule has 0 unspecified atom stereocenters. The van der Waals surface area contributed by atoms with Crippen molar-refractivity contribution in [2.75, 3.05) is 6.01 Å². The molecule has 0 amide bonds. The van der Waals surface area contributed by atoms with Crippen molar-refractivity contribution in [3.05, 3.63) is 23.3 Å². The van der Waals surface area contributed by atoms with Crippen LogP contribution in [0.2, 0.25) is 0 Å². The molecule has 1 nitrogen and oxygen atoms in total. The zero-order valence-electron chi connectivity index (χ0n) is 14.9. The van der Waals surface area contributed by atoms with Gasteiger partial charge in [0, 0.05) is 11.0 Å².